The predicted molar refractivity (Wildman–Crippen MR) is 74.9 cm³/mol. The van der Waals surface area contributed by atoms with Gasteiger partial charge in [0.15, 0.2) is 11.6 Å². The van der Waals surface area contributed by atoms with E-state index in [9.17, 15) is 4.39 Å². The minimum atomic E-state index is -0.281. The second kappa shape index (κ2) is 6.35. The van der Waals surface area contributed by atoms with Crippen molar-refractivity contribution >= 4 is 0 Å². The van der Waals surface area contributed by atoms with Gasteiger partial charge in [-0.25, -0.2) is 4.39 Å². The average molecular weight is 266 g/mol. The van der Waals surface area contributed by atoms with Crippen LogP contribution in [-0.2, 0) is 6.54 Å². The lowest BCUT2D eigenvalue weighted by Crippen LogP contribution is -2.52. The number of nitrogens with zero attached hydrogens (tertiary/aromatic N) is 1. The van der Waals surface area contributed by atoms with Crippen molar-refractivity contribution in [1.82, 2.24) is 10.2 Å². The number of rotatable bonds is 4. The van der Waals surface area contributed by atoms with Gasteiger partial charge in [0.05, 0.1) is 7.11 Å². The molecule has 1 aromatic carbocycles. The molecule has 1 aromatic rings. The van der Waals surface area contributed by atoms with Gasteiger partial charge in [-0.05, 0) is 23.6 Å². The molecule has 106 valence electrons. The lowest BCUT2D eigenvalue weighted by Gasteiger charge is -2.38. The highest BCUT2D eigenvalue weighted by Crippen LogP contribution is 2.21. The highest BCUT2D eigenvalue weighted by atomic mass is 19.1. The molecule has 1 unspecified atom stereocenters. The molecular weight excluding hydrogens is 243 g/mol. The first-order chi connectivity index (χ1) is 9.11. The first kappa shape index (κ1) is 14.3. The van der Waals surface area contributed by atoms with Crippen LogP contribution in [0.4, 0.5) is 4.39 Å². The minimum Gasteiger partial charge on any atom is -0.494 e. The first-order valence-corrected chi connectivity index (χ1v) is 6.89. The molecule has 1 N–H and O–H groups in total. The molecule has 1 heterocycles. The Labute approximate surface area is 114 Å². The maximum Gasteiger partial charge on any atom is 0.165 e. The predicted octanol–water partition coefficient (Wildman–Crippen LogP) is 2.26. The average Bonchev–Trinajstić information content (AvgIpc) is 2.39. The second-order valence-electron chi connectivity index (χ2n) is 5.45. The van der Waals surface area contributed by atoms with Crippen LogP contribution < -0.4 is 10.1 Å². The molecular formula is C15H23FN2O. The molecule has 0 aliphatic carbocycles. The number of hydrogen-bond donors (Lipinski definition) is 1. The summed E-state index contributed by atoms with van der Waals surface area (Å²) in [7, 11) is 1.49. The van der Waals surface area contributed by atoms with E-state index in [1.165, 1.54) is 7.11 Å². The van der Waals surface area contributed by atoms with Crippen LogP contribution >= 0.6 is 0 Å². The molecule has 2 rings (SSSR count). The molecule has 1 atom stereocenters. The van der Waals surface area contributed by atoms with E-state index in [-0.39, 0.29) is 5.82 Å². The maximum absolute atomic E-state index is 13.7. The van der Waals surface area contributed by atoms with Gasteiger partial charge in [0.2, 0.25) is 0 Å². The zero-order chi connectivity index (χ0) is 13.8. The van der Waals surface area contributed by atoms with Crippen LogP contribution in [0.15, 0.2) is 18.2 Å². The van der Waals surface area contributed by atoms with E-state index >= 15 is 0 Å². The van der Waals surface area contributed by atoms with Gasteiger partial charge in [-0.2, -0.15) is 0 Å². The molecule has 0 spiro atoms. The summed E-state index contributed by atoms with van der Waals surface area (Å²) in [5.74, 6) is 0.622. The number of piperazine rings is 1. The Morgan fingerprint density at radius 2 is 2.26 bits per heavy atom. The Kier molecular flexibility index (Phi) is 4.77. The van der Waals surface area contributed by atoms with E-state index in [4.69, 9.17) is 4.74 Å². The summed E-state index contributed by atoms with van der Waals surface area (Å²) < 4.78 is 18.7. The molecule has 1 fully saturated rings. The molecule has 1 aliphatic heterocycles. The maximum atomic E-state index is 13.7. The van der Waals surface area contributed by atoms with E-state index in [1.54, 1.807) is 12.1 Å². The molecule has 4 heteroatoms. The molecule has 19 heavy (non-hydrogen) atoms. The van der Waals surface area contributed by atoms with Gasteiger partial charge in [0, 0.05) is 32.2 Å². The van der Waals surface area contributed by atoms with Gasteiger partial charge in [0.1, 0.15) is 0 Å². The number of benzene rings is 1. The molecule has 3 nitrogen and oxygen atoms in total. The highest BCUT2D eigenvalue weighted by molar-refractivity contribution is 5.29. The third kappa shape index (κ3) is 3.45. The van der Waals surface area contributed by atoms with Crippen LogP contribution in [0.25, 0.3) is 0 Å². The summed E-state index contributed by atoms with van der Waals surface area (Å²) >= 11 is 0. The highest BCUT2D eigenvalue weighted by Gasteiger charge is 2.24. The van der Waals surface area contributed by atoms with Crippen molar-refractivity contribution in [2.75, 3.05) is 26.7 Å². The van der Waals surface area contributed by atoms with E-state index in [0.29, 0.717) is 17.7 Å². The number of nitrogens with one attached hydrogen (secondary N) is 1. The Morgan fingerprint density at radius 3 is 2.89 bits per heavy atom. The van der Waals surface area contributed by atoms with E-state index < -0.39 is 0 Å². The second-order valence-corrected chi connectivity index (χ2v) is 5.45. The standard InChI is InChI=1S/C15H23FN2O/c1-11(2)14-9-17-6-7-18(14)10-12-4-5-15(19-3)13(16)8-12/h4-5,8,11,14,17H,6-7,9-10H2,1-3H3. The van der Waals surface area contributed by atoms with Crippen molar-refractivity contribution < 1.29 is 9.13 Å². The van der Waals surface area contributed by atoms with Crippen LogP contribution in [0.1, 0.15) is 19.4 Å². The molecule has 0 radical (unpaired) electrons. The van der Waals surface area contributed by atoms with E-state index in [2.05, 4.69) is 24.1 Å². The number of hydrogen-bond acceptors (Lipinski definition) is 3. The van der Waals surface area contributed by atoms with Crippen molar-refractivity contribution in [1.29, 1.82) is 0 Å². The van der Waals surface area contributed by atoms with Gasteiger partial charge in [0.25, 0.3) is 0 Å². The fourth-order valence-electron chi connectivity index (χ4n) is 2.66. The van der Waals surface area contributed by atoms with Crippen LogP contribution in [0.3, 0.4) is 0 Å². The van der Waals surface area contributed by atoms with Gasteiger partial charge < -0.3 is 10.1 Å². The zero-order valence-corrected chi connectivity index (χ0v) is 11.9. The van der Waals surface area contributed by atoms with Crippen molar-refractivity contribution in [2.45, 2.75) is 26.4 Å². The Balaban J connectivity index is 2.08. The molecule has 1 saturated heterocycles. The monoisotopic (exact) mass is 266 g/mol. The summed E-state index contributed by atoms with van der Waals surface area (Å²) in [5.41, 5.74) is 1.01. The molecule has 0 aromatic heterocycles. The minimum absolute atomic E-state index is 0.281. The largest absolute Gasteiger partial charge is 0.494 e. The molecule has 0 bridgehead atoms. The third-order valence-corrected chi connectivity index (χ3v) is 3.77. The van der Waals surface area contributed by atoms with Gasteiger partial charge in [-0.15, -0.1) is 0 Å². The van der Waals surface area contributed by atoms with Crippen LogP contribution in [-0.4, -0.2) is 37.7 Å². The Bertz CT molecular complexity index is 423. The van der Waals surface area contributed by atoms with Gasteiger partial charge >= 0.3 is 0 Å². The van der Waals surface area contributed by atoms with Crippen molar-refractivity contribution in [3.63, 3.8) is 0 Å². The Morgan fingerprint density at radius 1 is 1.47 bits per heavy atom. The van der Waals surface area contributed by atoms with Crippen LogP contribution in [0.2, 0.25) is 0 Å². The SMILES string of the molecule is COc1ccc(CN2CCNCC2C(C)C)cc1F. The van der Waals surface area contributed by atoms with Gasteiger partial charge in [-0.1, -0.05) is 19.9 Å². The number of ether oxygens (including phenoxy) is 1. The summed E-state index contributed by atoms with van der Waals surface area (Å²) in [6.07, 6.45) is 0. The van der Waals surface area contributed by atoms with Crippen molar-refractivity contribution in [3.05, 3.63) is 29.6 Å². The van der Waals surface area contributed by atoms with E-state index in [1.807, 2.05) is 6.07 Å². The summed E-state index contributed by atoms with van der Waals surface area (Å²) in [6, 6.07) is 5.75. The van der Waals surface area contributed by atoms with Gasteiger partial charge in [-0.3, -0.25) is 4.90 Å². The smallest absolute Gasteiger partial charge is 0.165 e. The topological polar surface area (TPSA) is 24.5 Å². The van der Waals surface area contributed by atoms with Crippen LogP contribution in [0.5, 0.6) is 5.75 Å². The normalized spacial score (nSPS) is 20.8. The summed E-state index contributed by atoms with van der Waals surface area (Å²) in [4.78, 5) is 2.43. The fourth-order valence-corrected chi connectivity index (χ4v) is 2.66. The quantitative estimate of drug-likeness (QED) is 0.904. The summed E-state index contributed by atoms with van der Waals surface area (Å²) in [5, 5.41) is 3.43. The molecule has 0 saturated carbocycles. The third-order valence-electron chi connectivity index (χ3n) is 3.77. The lowest BCUT2D eigenvalue weighted by atomic mass is 10.00. The lowest BCUT2D eigenvalue weighted by molar-refractivity contribution is 0.117. The molecule has 0 amide bonds. The number of halogens is 1. The first-order valence-electron chi connectivity index (χ1n) is 6.89. The fraction of sp³-hybridized carbons (Fsp3) is 0.600. The zero-order valence-electron chi connectivity index (χ0n) is 11.9. The van der Waals surface area contributed by atoms with Crippen molar-refractivity contribution in [2.24, 2.45) is 5.92 Å². The van der Waals surface area contributed by atoms with E-state index in [0.717, 1.165) is 31.7 Å². The molecule has 1 aliphatic rings. The Hall–Kier alpha value is -1.13. The number of methoxy groups -OCH3 is 1. The van der Waals surface area contributed by atoms with Crippen molar-refractivity contribution in [3.8, 4) is 5.75 Å². The van der Waals surface area contributed by atoms with Crippen LogP contribution in [0, 0.1) is 11.7 Å². The summed E-state index contributed by atoms with van der Waals surface area (Å²) in [6.45, 7) is 8.29.